The van der Waals surface area contributed by atoms with Crippen LogP contribution in [0.5, 0.6) is 0 Å². The van der Waals surface area contributed by atoms with E-state index in [-0.39, 0.29) is 24.8 Å². The molecule has 1 saturated heterocycles. The zero-order valence-corrected chi connectivity index (χ0v) is 12.5. The van der Waals surface area contributed by atoms with Crippen molar-refractivity contribution in [3.8, 4) is 0 Å². The molecule has 1 aromatic carbocycles. The maximum Gasteiger partial charge on any atom is 0.317 e. The number of halogens is 3. The summed E-state index contributed by atoms with van der Waals surface area (Å²) in [4.78, 5) is 14.6. The largest absolute Gasteiger partial charge is 0.480 e. The second-order valence-electron chi connectivity index (χ2n) is 4.65. The first-order chi connectivity index (χ1) is 9.06. The van der Waals surface area contributed by atoms with E-state index in [2.05, 4.69) is 4.90 Å². The molecule has 0 aliphatic carbocycles. The molecule has 20 heavy (non-hydrogen) atoms. The molecule has 0 spiro atoms. The molecule has 0 radical (unpaired) electrons. The highest BCUT2D eigenvalue weighted by Crippen LogP contribution is 2.21. The molecule has 1 aliphatic heterocycles. The number of piperazine rings is 1. The summed E-state index contributed by atoms with van der Waals surface area (Å²) in [6.07, 6.45) is 0. The van der Waals surface area contributed by atoms with Gasteiger partial charge in [-0.1, -0.05) is 17.7 Å². The lowest BCUT2D eigenvalue weighted by Crippen LogP contribution is -2.47. The van der Waals surface area contributed by atoms with Crippen LogP contribution in [0.2, 0.25) is 5.02 Å². The van der Waals surface area contributed by atoms with Gasteiger partial charge in [-0.25, -0.2) is 4.39 Å². The van der Waals surface area contributed by atoms with E-state index in [4.69, 9.17) is 16.7 Å². The summed E-state index contributed by atoms with van der Waals surface area (Å²) in [5.41, 5.74) is 0.510. The summed E-state index contributed by atoms with van der Waals surface area (Å²) in [5.74, 6) is -1.11. The van der Waals surface area contributed by atoms with Gasteiger partial charge in [0.2, 0.25) is 0 Å². The molecule has 2 rings (SSSR count). The Kier molecular flexibility index (Phi) is 6.68. The molecule has 0 amide bonds. The van der Waals surface area contributed by atoms with Gasteiger partial charge in [0.15, 0.2) is 0 Å². The van der Waals surface area contributed by atoms with Crippen molar-refractivity contribution in [3.63, 3.8) is 0 Å². The fourth-order valence-electron chi connectivity index (χ4n) is 2.20. The fraction of sp³-hybridized carbons (Fsp3) is 0.462. The third kappa shape index (κ3) is 4.59. The molecule has 1 heterocycles. The van der Waals surface area contributed by atoms with Gasteiger partial charge in [0.25, 0.3) is 0 Å². The summed E-state index contributed by atoms with van der Waals surface area (Å²) in [6, 6.07) is 4.68. The minimum Gasteiger partial charge on any atom is -0.480 e. The number of aliphatic carboxylic acids is 1. The van der Waals surface area contributed by atoms with E-state index in [0.717, 1.165) is 13.1 Å². The van der Waals surface area contributed by atoms with Crippen molar-refractivity contribution in [2.24, 2.45) is 0 Å². The molecule has 1 N–H and O–H groups in total. The molecule has 0 bridgehead atoms. The van der Waals surface area contributed by atoms with Crippen molar-refractivity contribution in [1.82, 2.24) is 9.80 Å². The molecule has 0 atom stereocenters. The fourth-order valence-corrected chi connectivity index (χ4v) is 2.43. The van der Waals surface area contributed by atoms with Crippen LogP contribution in [0.1, 0.15) is 5.56 Å². The van der Waals surface area contributed by atoms with Crippen molar-refractivity contribution < 1.29 is 14.3 Å². The van der Waals surface area contributed by atoms with Crippen LogP contribution in [0.4, 0.5) is 4.39 Å². The molecule has 0 saturated carbocycles. The maximum atomic E-state index is 13.7. The van der Waals surface area contributed by atoms with Crippen LogP contribution in [0.3, 0.4) is 0 Å². The average molecular weight is 323 g/mol. The van der Waals surface area contributed by atoms with E-state index < -0.39 is 5.97 Å². The smallest absolute Gasteiger partial charge is 0.317 e. The predicted molar refractivity (Wildman–Crippen MR) is 78.0 cm³/mol. The van der Waals surface area contributed by atoms with Crippen molar-refractivity contribution >= 4 is 30.0 Å². The third-order valence-corrected chi connectivity index (χ3v) is 3.62. The van der Waals surface area contributed by atoms with Crippen LogP contribution >= 0.6 is 24.0 Å². The Morgan fingerprint density at radius 1 is 1.25 bits per heavy atom. The molecule has 7 heteroatoms. The molecular weight excluding hydrogens is 306 g/mol. The van der Waals surface area contributed by atoms with Crippen molar-refractivity contribution in [1.29, 1.82) is 0 Å². The number of hydrogen-bond donors (Lipinski definition) is 1. The Hall–Kier alpha value is -0.880. The highest BCUT2D eigenvalue weighted by molar-refractivity contribution is 6.31. The Morgan fingerprint density at radius 2 is 1.85 bits per heavy atom. The van der Waals surface area contributed by atoms with Gasteiger partial charge in [-0.3, -0.25) is 14.6 Å². The molecule has 0 aromatic heterocycles. The number of rotatable bonds is 4. The average Bonchev–Trinajstić information content (AvgIpc) is 2.35. The summed E-state index contributed by atoms with van der Waals surface area (Å²) in [6.45, 7) is 3.33. The van der Waals surface area contributed by atoms with Gasteiger partial charge < -0.3 is 5.11 Å². The van der Waals surface area contributed by atoms with Crippen LogP contribution in [0.15, 0.2) is 18.2 Å². The lowest BCUT2D eigenvalue weighted by Gasteiger charge is -2.33. The molecule has 1 aromatic rings. The van der Waals surface area contributed by atoms with E-state index in [9.17, 15) is 9.18 Å². The standard InChI is InChI=1S/C13H16ClFN2O2.ClH/c14-11-2-1-3-12(15)10(11)8-16-4-6-17(7-5-16)9-13(18)19;/h1-3H,4-9H2,(H,18,19);1H. The number of carboxylic acids is 1. The van der Waals surface area contributed by atoms with E-state index in [1.807, 2.05) is 4.90 Å². The number of hydrogen-bond acceptors (Lipinski definition) is 3. The molecule has 1 aliphatic rings. The van der Waals surface area contributed by atoms with Crippen molar-refractivity contribution in [3.05, 3.63) is 34.6 Å². The van der Waals surface area contributed by atoms with Gasteiger partial charge >= 0.3 is 5.97 Å². The molecule has 0 unspecified atom stereocenters. The van der Waals surface area contributed by atoms with Crippen LogP contribution in [0.25, 0.3) is 0 Å². The van der Waals surface area contributed by atoms with Crippen molar-refractivity contribution in [2.75, 3.05) is 32.7 Å². The first-order valence-electron chi connectivity index (χ1n) is 6.15. The Morgan fingerprint density at radius 3 is 2.40 bits per heavy atom. The Labute approximate surface area is 128 Å². The highest BCUT2D eigenvalue weighted by Gasteiger charge is 2.20. The molecule has 112 valence electrons. The quantitative estimate of drug-likeness (QED) is 0.922. The zero-order valence-electron chi connectivity index (χ0n) is 10.9. The van der Waals surface area contributed by atoms with Gasteiger partial charge in [0, 0.05) is 43.3 Å². The van der Waals surface area contributed by atoms with E-state index in [1.54, 1.807) is 12.1 Å². The minimum absolute atomic E-state index is 0. The summed E-state index contributed by atoms with van der Waals surface area (Å²) < 4.78 is 13.7. The van der Waals surface area contributed by atoms with Crippen LogP contribution in [0, 0.1) is 5.82 Å². The lowest BCUT2D eigenvalue weighted by molar-refractivity contribution is -0.138. The first kappa shape index (κ1) is 17.2. The Bertz CT molecular complexity index is 445. The summed E-state index contributed by atoms with van der Waals surface area (Å²) >= 11 is 5.99. The monoisotopic (exact) mass is 322 g/mol. The van der Waals surface area contributed by atoms with E-state index in [0.29, 0.717) is 30.2 Å². The number of carbonyl (C=O) groups is 1. The van der Waals surface area contributed by atoms with Gasteiger partial charge in [0.05, 0.1) is 6.54 Å². The molecule has 4 nitrogen and oxygen atoms in total. The second kappa shape index (κ2) is 7.78. The van der Waals surface area contributed by atoms with Gasteiger partial charge in [0.1, 0.15) is 5.82 Å². The third-order valence-electron chi connectivity index (χ3n) is 3.27. The molecular formula is C13H17Cl2FN2O2. The predicted octanol–water partition coefficient (Wildman–Crippen LogP) is 2.10. The van der Waals surface area contributed by atoms with Crippen LogP contribution in [-0.2, 0) is 11.3 Å². The first-order valence-corrected chi connectivity index (χ1v) is 6.53. The zero-order chi connectivity index (χ0) is 13.8. The van der Waals surface area contributed by atoms with Crippen molar-refractivity contribution in [2.45, 2.75) is 6.54 Å². The van der Waals surface area contributed by atoms with Gasteiger partial charge in [-0.15, -0.1) is 12.4 Å². The van der Waals surface area contributed by atoms with Gasteiger partial charge in [-0.2, -0.15) is 0 Å². The summed E-state index contributed by atoms with van der Waals surface area (Å²) in [5, 5.41) is 9.16. The van der Waals surface area contributed by atoms with Crippen LogP contribution < -0.4 is 0 Å². The normalized spacial score (nSPS) is 16.7. The number of carboxylic acid groups (broad SMARTS) is 1. The van der Waals surface area contributed by atoms with Gasteiger partial charge in [-0.05, 0) is 12.1 Å². The second-order valence-corrected chi connectivity index (χ2v) is 5.05. The minimum atomic E-state index is -0.814. The lowest BCUT2D eigenvalue weighted by atomic mass is 10.2. The molecule has 1 fully saturated rings. The SMILES string of the molecule is Cl.O=C(O)CN1CCN(Cc2c(F)cccc2Cl)CC1. The van der Waals surface area contributed by atoms with Crippen LogP contribution in [-0.4, -0.2) is 53.6 Å². The van der Waals surface area contributed by atoms with E-state index in [1.165, 1.54) is 6.07 Å². The highest BCUT2D eigenvalue weighted by atomic mass is 35.5. The van der Waals surface area contributed by atoms with E-state index >= 15 is 0 Å². The maximum absolute atomic E-state index is 13.7. The summed E-state index contributed by atoms with van der Waals surface area (Å²) in [7, 11) is 0. The number of benzene rings is 1. The topological polar surface area (TPSA) is 43.8 Å². The number of nitrogens with zero attached hydrogens (tertiary/aromatic N) is 2. The Balaban J connectivity index is 0.00000200.